The minimum atomic E-state index is 0.831. The smallest absolute Gasteiger partial charge is 0.0339 e. The standard InChI is InChI=1S/C12H19BrN2S/c1-14-7-10-3-2-5-15(8-10)9-12-11(13)4-6-16-12/h4,6,10,14H,2-3,5,7-9H2,1H3. The van der Waals surface area contributed by atoms with Gasteiger partial charge < -0.3 is 5.32 Å². The minimum absolute atomic E-state index is 0.831. The maximum atomic E-state index is 3.61. The van der Waals surface area contributed by atoms with Crippen LogP contribution >= 0.6 is 27.3 Å². The number of rotatable bonds is 4. The van der Waals surface area contributed by atoms with E-state index < -0.39 is 0 Å². The summed E-state index contributed by atoms with van der Waals surface area (Å²) in [4.78, 5) is 4.05. The quantitative estimate of drug-likeness (QED) is 0.920. The summed E-state index contributed by atoms with van der Waals surface area (Å²) in [7, 11) is 2.05. The Morgan fingerprint density at radius 2 is 2.50 bits per heavy atom. The lowest BCUT2D eigenvalue weighted by molar-refractivity contribution is 0.168. The van der Waals surface area contributed by atoms with Gasteiger partial charge in [-0.2, -0.15) is 0 Å². The van der Waals surface area contributed by atoms with E-state index in [1.54, 1.807) is 0 Å². The maximum absolute atomic E-state index is 3.61. The maximum Gasteiger partial charge on any atom is 0.0339 e. The number of likely N-dealkylation sites (tertiary alicyclic amines) is 1. The van der Waals surface area contributed by atoms with Gasteiger partial charge >= 0.3 is 0 Å². The van der Waals surface area contributed by atoms with Crippen LogP contribution in [0.15, 0.2) is 15.9 Å². The van der Waals surface area contributed by atoms with Crippen molar-refractivity contribution in [3.63, 3.8) is 0 Å². The molecule has 1 aliphatic heterocycles. The van der Waals surface area contributed by atoms with Crippen molar-refractivity contribution in [1.82, 2.24) is 10.2 Å². The normalized spacial score (nSPS) is 22.5. The molecule has 2 nitrogen and oxygen atoms in total. The number of nitrogens with one attached hydrogen (secondary N) is 1. The van der Waals surface area contributed by atoms with Crippen LogP contribution in [0.5, 0.6) is 0 Å². The van der Waals surface area contributed by atoms with Gasteiger partial charge in [0.15, 0.2) is 0 Å². The highest BCUT2D eigenvalue weighted by molar-refractivity contribution is 9.10. The summed E-state index contributed by atoms with van der Waals surface area (Å²) in [6.45, 7) is 4.76. The van der Waals surface area contributed by atoms with E-state index in [1.165, 1.54) is 35.3 Å². The summed E-state index contributed by atoms with van der Waals surface area (Å²) < 4.78 is 1.27. The second-order valence-electron chi connectivity index (χ2n) is 4.49. The first-order valence-electron chi connectivity index (χ1n) is 5.88. The van der Waals surface area contributed by atoms with Crippen LogP contribution in [0.3, 0.4) is 0 Å². The van der Waals surface area contributed by atoms with Crippen LogP contribution in [0, 0.1) is 5.92 Å². The Labute approximate surface area is 110 Å². The molecule has 4 heteroatoms. The molecule has 0 aromatic carbocycles. The third kappa shape index (κ3) is 3.29. The van der Waals surface area contributed by atoms with Gasteiger partial charge in [0.2, 0.25) is 0 Å². The highest BCUT2D eigenvalue weighted by Gasteiger charge is 2.20. The van der Waals surface area contributed by atoms with Gasteiger partial charge in [0.05, 0.1) is 0 Å². The Hall–Kier alpha value is 0.100. The molecule has 2 heterocycles. The molecule has 1 unspecified atom stereocenters. The number of piperidine rings is 1. The van der Waals surface area contributed by atoms with Crippen LogP contribution < -0.4 is 5.32 Å². The van der Waals surface area contributed by atoms with Gasteiger partial charge in [0.25, 0.3) is 0 Å². The average molecular weight is 303 g/mol. The molecule has 0 spiro atoms. The molecule has 0 radical (unpaired) electrons. The summed E-state index contributed by atoms with van der Waals surface area (Å²) in [6.07, 6.45) is 2.72. The largest absolute Gasteiger partial charge is 0.319 e. The Balaban J connectivity index is 1.88. The Morgan fingerprint density at radius 3 is 3.19 bits per heavy atom. The average Bonchev–Trinajstić information content (AvgIpc) is 2.66. The van der Waals surface area contributed by atoms with Gasteiger partial charge in [0, 0.05) is 22.4 Å². The van der Waals surface area contributed by atoms with Crippen molar-refractivity contribution in [2.45, 2.75) is 19.4 Å². The predicted molar refractivity (Wildman–Crippen MR) is 73.9 cm³/mol. The van der Waals surface area contributed by atoms with Crippen LogP contribution in [-0.2, 0) is 6.54 Å². The molecule has 0 aliphatic carbocycles. The Morgan fingerprint density at radius 1 is 1.62 bits per heavy atom. The van der Waals surface area contributed by atoms with Crippen LogP contribution in [0.4, 0.5) is 0 Å². The van der Waals surface area contributed by atoms with Gasteiger partial charge in [-0.3, -0.25) is 4.90 Å². The second-order valence-corrected chi connectivity index (χ2v) is 6.35. The number of halogens is 1. The topological polar surface area (TPSA) is 15.3 Å². The summed E-state index contributed by atoms with van der Waals surface area (Å²) in [5.74, 6) is 0.831. The molecule has 1 N–H and O–H groups in total. The SMILES string of the molecule is CNCC1CCCN(Cc2sccc2Br)C1. The molecule has 0 saturated carbocycles. The molecule has 2 rings (SSSR count). The lowest BCUT2D eigenvalue weighted by atomic mass is 9.98. The second kappa shape index (κ2) is 6.15. The van der Waals surface area contributed by atoms with Crippen molar-refractivity contribution in [2.75, 3.05) is 26.7 Å². The van der Waals surface area contributed by atoms with Gasteiger partial charge in [0.1, 0.15) is 0 Å². The number of hydrogen-bond donors (Lipinski definition) is 1. The third-order valence-corrected chi connectivity index (χ3v) is 5.07. The van der Waals surface area contributed by atoms with E-state index in [0.29, 0.717) is 0 Å². The molecule has 1 fully saturated rings. The third-order valence-electron chi connectivity index (χ3n) is 3.15. The highest BCUT2D eigenvalue weighted by atomic mass is 79.9. The Bertz CT molecular complexity index is 325. The van der Waals surface area contributed by atoms with Gasteiger partial charge in [-0.1, -0.05) is 0 Å². The van der Waals surface area contributed by atoms with Crippen molar-refractivity contribution in [1.29, 1.82) is 0 Å². The van der Waals surface area contributed by atoms with Crippen molar-refractivity contribution >= 4 is 27.3 Å². The first-order valence-corrected chi connectivity index (χ1v) is 7.55. The first-order chi connectivity index (χ1) is 7.79. The zero-order valence-corrected chi connectivity index (χ0v) is 12.1. The predicted octanol–water partition coefficient (Wildman–Crippen LogP) is 2.94. The van der Waals surface area contributed by atoms with Gasteiger partial charge in [-0.25, -0.2) is 0 Å². The molecule has 1 aliphatic rings. The van der Waals surface area contributed by atoms with Crippen molar-refractivity contribution in [3.05, 3.63) is 20.8 Å². The summed E-state index contributed by atoms with van der Waals surface area (Å²) in [6, 6.07) is 2.15. The van der Waals surface area contributed by atoms with Crippen LogP contribution in [0.25, 0.3) is 0 Å². The summed E-state index contributed by atoms with van der Waals surface area (Å²) >= 11 is 5.46. The van der Waals surface area contributed by atoms with Crippen molar-refractivity contribution in [2.24, 2.45) is 5.92 Å². The molecule has 1 saturated heterocycles. The molecular formula is C12H19BrN2S. The van der Waals surface area contributed by atoms with E-state index in [1.807, 2.05) is 11.3 Å². The number of nitrogens with zero attached hydrogens (tertiary/aromatic N) is 1. The fraction of sp³-hybridized carbons (Fsp3) is 0.667. The summed E-state index contributed by atoms with van der Waals surface area (Å²) in [5, 5.41) is 5.46. The first kappa shape index (κ1) is 12.6. The zero-order valence-electron chi connectivity index (χ0n) is 9.71. The fourth-order valence-corrected chi connectivity index (χ4v) is 3.91. The van der Waals surface area contributed by atoms with Gasteiger partial charge in [-0.05, 0) is 66.3 Å². The monoisotopic (exact) mass is 302 g/mol. The molecule has 16 heavy (non-hydrogen) atoms. The molecule has 0 amide bonds. The molecule has 1 atom stereocenters. The lowest BCUT2D eigenvalue weighted by Gasteiger charge is -2.32. The van der Waals surface area contributed by atoms with Crippen molar-refractivity contribution in [3.8, 4) is 0 Å². The molecule has 1 aromatic rings. The van der Waals surface area contributed by atoms with E-state index in [4.69, 9.17) is 0 Å². The van der Waals surface area contributed by atoms with Crippen molar-refractivity contribution < 1.29 is 0 Å². The molecule has 1 aromatic heterocycles. The number of hydrogen-bond acceptors (Lipinski definition) is 3. The molecule has 90 valence electrons. The van der Waals surface area contributed by atoms with E-state index in [2.05, 4.69) is 44.6 Å². The number of thiophene rings is 1. The van der Waals surface area contributed by atoms with Crippen LogP contribution in [0.1, 0.15) is 17.7 Å². The lowest BCUT2D eigenvalue weighted by Crippen LogP contribution is -2.38. The zero-order chi connectivity index (χ0) is 11.4. The van der Waals surface area contributed by atoms with E-state index in [9.17, 15) is 0 Å². The minimum Gasteiger partial charge on any atom is -0.319 e. The Kier molecular flexibility index (Phi) is 4.82. The van der Waals surface area contributed by atoms with E-state index >= 15 is 0 Å². The van der Waals surface area contributed by atoms with Crippen LogP contribution in [-0.4, -0.2) is 31.6 Å². The van der Waals surface area contributed by atoms with E-state index in [-0.39, 0.29) is 0 Å². The molecule has 0 bridgehead atoms. The summed E-state index contributed by atoms with van der Waals surface area (Å²) in [5.41, 5.74) is 0. The molecular weight excluding hydrogens is 284 g/mol. The fourth-order valence-electron chi connectivity index (χ4n) is 2.39. The highest BCUT2D eigenvalue weighted by Crippen LogP contribution is 2.26. The van der Waals surface area contributed by atoms with Gasteiger partial charge in [-0.15, -0.1) is 11.3 Å². The van der Waals surface area contributed by atoms with Crippen LogP contribution in [0.2, 0.25) is 0 Å². The van der Waals surface area contributed by atoms with E-state index in [0.717, 1.165) is 19.0 Å².